The summed E-state index contributed by atoms with van der Waals surface area (Å²) in [7, 11) is 1.63. The van der Waals surface area contributed by atoms with Crippen molar-refractivity contribution in [2.45, 2.75) is 13.0 Å². The number of ether oxygens (including phenoxy) is 1. The second-order valence-corrected chi connectivity index (χ2v) is 5.38. The van der Waals surface area contributed by atoms with Crippen molar-refractivity contribution in [3.8, 4) is 5.75 Å². The Morgan fingerprint density at radius 1 is 1.13 bits per heavy atom. The standard InChI is InChI=1S/C19H18N2O2/c1-13(14-5-8-17(23-2)9-6-14)21-19(22)16-7-10-18-15(12-16)4-3-11-20-18/h3-13H,1-2H3,(H,21,22)/t13-/m0/s1. The van der Waals surface area contributed by atoms with E-state index >= 15 is 0 Å². The highest BCUT2D eigenvalue weighted by atomic mass is 16.5. The van der Waals surface area contributed by atoms with Gasteiger partial charge in [0.1, 0.15) is 5.75 Å². The fourth-order valence-corrected chi connectivity index (χ4v) is 2.47. The molecule has 1 N–H and O–H groups in total. The second kappa shape index (κ2) is 6.48. The summed E-state index contributed by atoms with van der Waals surface area (Å²) in [6, 6.07) is 16.9. The molecule has 0 fully saturated rings. The Labute approximate surface area is 135 Å². The first kappa shape index (κ1) is 15.0. The Bertz CT molecular complexity index is 828. The molecule has 0 saturated heterocycles. The maximum atomic E-state index is 12.4. The molecule has 0 radical (unpaired) electrons. The molecule has 23 heavy (non-hydrogen) atoms. The quantitative estimate of drug-likeness (QED) is 0.799. The van der Waals surface area contributed by atoms with Gasteiger partial charge in [-0.3, -0.25) is 9.78 Å². The number of carbonyl (C=O) groups excluding carboxylic acids is 1. The number of hydrogen-bond donors (Lipinski definition) is 1. The Morgan fingerprint density at radius 2 is 1.91 bits per heavy atom. The van der Waals surface area contributed by atoms with E-state index in [4.69, 9.17) is 4.74 Å². The number of fused-ring (bicyclic) bond motifs is 1. The molecular weight excluding hydrogens is 288 g/mol. The van der Waals surface area contributed by atoms with Crippen LogP contribution in [0.3, 0.4) is 0 Å². The molecule has 2 aromatic carbocycles. The summed E-state index contributed by atoms with van der Waals surface area (Å²) in [5.41, 5.74) is 2.54. The van der Waals surface area contributed by atoms with Gasteiger partial charge in [0.15, 0.2) is 0 Å². The molecule has 0 aliphatic rings. The molecule has 1 heterocycles. The Balaban J connectivity index is 1.76. The van der Waals surface area contributed by atoms with Gasteiger partial charge in [-0.2, -0.15) is 0 Å². The molecule has 0 saturated carbocycles. The summed E-state index contributed by atoms with van der Waals surface area (Å²) < 4.78 is 5.15. The van der Waals surface area contributed by atoms with Crippen LogP contribution < -0.4 is 10.1 Å². The van der Waals surface area contributed by atoms with Gasteiger partial charge in [-0.25, -0.2) is 0 Å². The summed E-state index contributed by atoms with van der Waals surface area (Å²) in [4.78, 5) is 16.7. The first-order valence-electron chi connectivity index (χ1n) is 7.47. The summed E-state index contributed by atoms with van der Waals surface area (Å²) in [6.07, 6.45) is 1.74. The third kappa shape index (κ3) is 3.31. The van der Waals surface area contributed by atoms with Crippen molar-refractivity contribution in [2.75, 3.05) is 7.11 Å². The topological polar surface area (TPSA) is 51.2 Å². The van der Waals surface area contributed by atoms with Crippen molar-refractivity contribution in [1.29, 1.82) is 0 Å². The van der Waals surface area contributed by atoms with Gasteiger partial charge < -0.3 is 10.1 Å². The predicted octanol–water partition coefficient (Wildman–Crippen LogP) is 3.73. The van der Waals surface area contributed by atoms with Crippen LogP contribution in [0.15, 0.2) is 60.8 Å². The molecule has 1 amide bonds. The number of carbonyl (C=O) groups is 1. The molecule has 0 aliphatic heterocycles. The first-order chi connectivity index (χ1) is 11.2. The van der Waals surface area contributed by atoms with Crippen molar-refractivity contribution in [3.63, 3.8) is 0 Å². The van der Waals surface area contributed by atoms with Crippen LogP contribution in [-0.4, -0.2) is 18.0 Å². The molecule has 0 spiro atoms. The monoisotopic (exact) mass is 306 g/mol. The summed E-state index contributed by atoms with van der Waals surface area (Å²) in [5, 5.41) is 3.97. The molecule has 116 valence electrons. The minimum absolute atomic E-state index is 0.0852. The van der Waals surface area contributed by atoms with E-state index in [0.717, 1.165) is 22.2 Å². The molecule has 4 nitrogen and oxygen atoms in total. The normalized spacial score (nSPS) is 11.9. The molecule has 3 aromatic rings. The maximum absolute atomic E-state index is 12.4. The van der Waals surface area contributed by atoms with E-state index in [-0.39, 0.29) is 11.9 Å². The lowest BCUT2D eigenvalue weighted by molar-refractivity contribution is 0.0940. The molecule has 3 rings (SSSR count). The highest BCUT2D eigenvalue weighted by Gasteiger charge is 2.12. The zero-order chi connectivity index (χ0) is 16.2. The molecule has 4 heteroatoms. The van der Waals surface area contributed by atoms with Gasteiger partial charge in [-0.05, 0) is 48.9 Å². The molecule has 0 unspecified atom stereocenters. The molecule has 1 atom stereocenters. The number of hydrogen-bond acceptors (Lipinski definition) is 3. The lowest BCUT2D eigenvalue weighted by Crippen LogP contribution is -2.26. The third-order valence-electron chi connectivity index (χ3n) is 3.83. The van der Waals surface area contributed by atoms with Crippen LogP contribution in [0.2, 0.25) is 0 Å². The second-order valence-electron chi connectivity index (χ2n) is 5.38. The minimum atomic E-state index is -0.0981. The van der Waals surface area contributed by atoms with E-state index in [9.17, 15) is 4.79 Å². The van der Waals surface area contributed by atoms with E-state index in [0.29, 0.717) is 5.56 Å². The minimum Gasteiger partial charge on any atom is -0.497 e. The average Bonchev–Trinajstić information content (AvgIpc) is 2.61. The van der Waals surface area contributed by atoms with E-state index < -0.39 is 0 Å². The summed E-state index contributed by atoms with van der Waals surface area (Å²) in [5.74, 6) is 0.702. The van der Waals surface area contributed by atoms with Crippen LogP contribution in [0.1, 0.15) is 28.9 Å². The van der Waals surface area contributed by atoms with Crippen LogP contribution in [-0.2, 0) is 0 Å². The zero-order valence-electron chi connectivity index (χ0n) is 13.1. The maximum Gasteiger partial charge on any atom is 0.251 e. The highest BCUT2D eigenvalue weighted by molar-refractivity contribution is 5.98. The van der Waals surface area contributed by atoms with Crippen LogP contribution in [0.25, 0.3) is 10.9 Å². The number of amides is 1. The van der Waals surface area contributed by atoms with Gasteiger partial charge in [0.25, 0.3) is 5.91 Å². The SMILES string of the molecule is COc1ccc([C@H](C)NC(=O)c2ccc3ncccc3c2)cc1. The van der Waals surface area contributed by atoms with Crippen molar-refractivity contribution >= 4 is 16.8 Å². The van der Waals surface area contributed by atoms with Crippen LogP contribution >= 0.6 is 0 Å². The number of methoxy groups -OCH3 is 1. The Hall–Kier alpha value is -2.88. The molecule has 0 aliphatic carbocycles. The Kier molecular flexibility index (Phi) is 4.24. The van der Waals surface area contributed by atoms with E-state index in [1.165, 1.54) is 0 Å². The number of nitrogens with zero attached hydrogens (tertiary/aromatic N) is 1. The smallest absolute Gasteiger partial charge is 0.251 e. The van der Waals surface area contributed by atoms with E-state index in [1.807, 2.05) is 55.5 Å². The summed E-state index contributed by atoms with van der Waals surface area (Å²) >= 11 is 0. The fraction of sp³-hybridized carbons (Fsp3) is 0.158. The van der Waals surface area contributed by atoms with Gasteiger partial charge in [0.05, 0.1) is 18.7 Å². The van der Waals surface area contributed by atoms with Crippen molar-refractivity contribution in [2.24, 2.45) is 0 Å². The zero-order valence-corrected chi connectivity index (χ0v) is 13.1. The van der Waals surface area contributed by atoms with E-state index in [2.05, 4.69) is 10.3 Å². The van der Waals surface area contributed by atoms with Gasteiger partial charge in [0, 0.05) is 17.1 Å². The third-order valence-corrected chi connectivity index (χ3v) is 3.83. The van der Waals surface area contributed by atoms with Gasteiger partial charge >= 0.3 is 0 Å². The molecule has 1 aromatic heterocycles. The first-order valence-corrected chi connectivity index (χ1v) is 7.47. The fourth-order valence-electron chi connectivity index (χ4n) is 2.47. The van der Waals surface area contributed by atoms with Gasteiger partial charge in [-0.1, -0.05) is 18.2 Å². The lowest BCUT2D eigenvalue weighted by atomic mass is 10.1. The van der Waals surface area contributed by atoms with Crippen LogP contribution in [0.4, 0.5) is 0 Å². The highest BCUT2D eigenvalue weighted by Crippen LogP contribution is 2.18. The van der Waals surface area contributed by atoms with Gasteiger partial charge in [0.2, 0.25) is 0 Å². The van der Waals surface area contributed by atoms with E-state index in [1.54, 1.807) is 19.4 Å². The molecular formula is C19H18N2O2. The average molecular weight is 306 g/mol. The number of nitrogens with one attached hydrogen (secondary N) is 1. The predicted molar refractivity (Wildman–Crippen MR) is 90.6 cm³/mol. The number of benzene rings is 2. The molecule has 0 bridgehead atoms. The van der Waals surface area contributed by atoms with Crippen LogP contribution in [0.5, 0.6) is 5.75 Å². The van der Waals surface area contributed by atoms with Crippen molar-refractivity contribution in [1.82, 2.24) is 10.3 Å². The number of aromatic nitrogens is 1. The number of rotatable bonds is 4. The van der Waals surface area contributed by atoms with Crippen molar-refractivity contribution < 1.29 is 9.53 Å². The van der Waals surface area contributed by atoms with Crippen molar-refractivity contribution in [3.05, 3.63) is 71.9 Å². The van der Waals surface area contributed by atoms with Gasteiger partial charge in [-0.15, -0.1) is 0 Å². The number of pyridine rings is 1. The lowest BCUT2D eigenvalue weighted by Gasteiger charge is -2.15. The summed E-state index contributed by atoms with van der Waals surface area (Å²) in [6.45, 7) is 1.96. The van der Waals surface area contributed by atoms with Crippen LogP contribution in [0, 0.1) is 0 Å². The largest absolute Gasteiger partial charge is 0.497 e. The Morgan fingerprint density at radius 3 is 2.65 bits per heavy atom.